The first-order valence-corrected chi connectivity index (χ1v) is 10.3. The Morgan fingerprint density at radius 2 is 0.750 bits per heavy atom. The summed E-state index contributed by atoms with van der Waals surface area (Å²) in [6, 6.07) is 27.7. The Balaban J connectivity index is 0.000000221. The molecule has 9 heteroatoms. The van der Waals surface area contributed by atoms with E-state index in [9.17, 15) is 19.8 Å². The van der Waals surface area contributed by atoms with Gasteiger partial charge in [-0.25, -0.2) is 14.4 Å². The highest BCUT2D eigenvalue weighted by atomic mass is 16.6. The number of hydrogen-bond acceptors (Lipinski definition) is 5. The highest BCUT2D eigenvalue weighted by Gasteiger charge is 2.14. The number of carboxylic acids is 2. The second-order valence-electron chi connectivity index (χ2n) is 7.03. The minimum absolute atomic E-state index is 0.0821. The third-order valence-electron chi connectivity index (χ3n) is 4.70. The van der Waals surface area contributed by atoms with Crippen molar-refractivity contribution in [2.24, 2.45) is 0 Å². The molecule has 4 aromatic rings. The van der Waals surface area contributed by atoms with Crippen LogP contribution < -0.4 is 0 Å². The van der Waals surface area contributed by atoms with Crippen molar-refractivity contribution >= 4 is 18.1 Å². The lowest BCUT2D eigenvalue weighted by Gasteiger charge is -2.06. The lowest BCUT2D eigenvalue weighted by molar-refractivity contribution is 0.0682. The summed E-state index contributed by atoms with van der Waals surface area (Å²) >= 11 is 0. The average Bonchev–Trinajstić information content (AvgIpc) is 2.85. The monoisotopic (exact) mass is 490 g/mol. The Hall–Kier alpha value is -5.31. The lowest BCUT2D eigenvalue weighted by atomic mass is 10.0. The van der Waals surface area contributed by atoms with E-state index in [1.807, 2.05) is 60.7 Å². The molecular weight excluding hydrogens is 468 g/mol. The molecule has 0 spiro atoms. The summed E-state index contributed by atoms with van der Waals surface area (Å²) in [4.78, 5) is 30.2. The highest BCUT2D eigenvalue weighted by molar-refractivity contribution is 5.94. The summed E-state index contributed by atoms with van der Waals surface area (Å²) in [5, 5.41) is 51.4. The van der Waals surface area contributed by atoms with Gasteiger partial charge in [0.25, 0.3) is 0 Å². The van der Waals surface area contributed by atoms with Gasteiger partial charge in [0.1, 0.15) is 22.6 Å². The maximum atomic E-state index is 10.8. The van der Waals surface area contributed by atoms with E-state index >= 15 is 0 Å². The fourth-order valence-corrected chi connectivity index (χ4v) is 3.13. The quantitative estimate of drug-likeness (QED) is 0.209. The molecule has 0 aliphatic carbocycles. The van der Waals surface area contributed by atoms with Gasteiger partial charge >= 0.3 is 18.1 Å². The molecule has 9 nitrogen and oxygen atoms in total. The third-order valence-corrected chi connectivity index (χ3v) is 4.70. The van der Waals surface area contributed by atoms with Crippen LogP contribution in [0.25, 0.3) is 22.3 Å². The van der Waals surface area contributed by atoms with Gasteiger partial charge in [-0.15, -0.1) is 0 Å². The van der Waals surface area contributed by atoms with Crippen molar-refractivity contribution in [2.75, 3.05) is 0 Å². The Bertz CT molecular complexity index is 1230. The molecule has 4 rings (SSSR count). The minimum Gasteiger partial charge on any atom is -0.506 e. The molecule has 0 unspecified atom stereocenters. The van der Waals surface area contributed by atoms with E-state index in [4.69, 9.17) is 25.2 Å². The van der Waals surface area contributed by atoms with Crippen LogP contribution in [-0.2, 0) is 0 Å². The number of benzene rings is 4. The first kappa shape index (κ1) is 26.9. The fourth-order valence-electron chi connectivity index (χ4n) is 3.13. The molecule has 0 aliphatic rings. The van der Waals surface area contributed by atoms with Gasteiger partial charge in [-0.2, -0.15) is 0 Å². The van der Waals surface area contributed by atoms with Crippen molar-refractivity contribution < 1.29 is 45.0 Å². The summed E-state index contributed by atoms with van der Waals surface area (Å²) < 4.78 is 0. The number of rotatable bonds is 4. The van der Waals surface area contributed by atoms with Crippen LogP contribution >= 0.6 is 0 Å². The molecule has 6 N–H and O–H groups in total. The molecule has 0 saturated carbocycles. The van der Waals surface area contributed by atoms with Crippen LogP contribution in [-0.4, -0.2) is 48.7 Å². The van der Waals surface area contributed by atoms with Crippen LogP contribution in [0.5, 0.6) is 11.5 Å². The topological polar surface area (TPSA) is 173 Å². The molecule has 184 valence electrons. The molecule has 0 aliphatic heterocycles. The van der Waals surface area contributed by atoms with Gasteiger partial charge in [0.15, 0.2) is 0 Å². The van der Waals surface area contributed by atoms with Crippen LogP contribution in [0.15, 0.2) is 97.1 Å². The van der Waals surface area contributed by atoms with Crippen molar-refractivity contribution in [2.45, 2.75) is 0 Å². The number of hydrogen-bond donors (Lipinski definition) is 6. The third kappa shape index (κ3) is 7.35. The Kier molecular flexibility index (Phi) is 9.58. The predicted octanol–water partition coefficient (Wildman–Crippen LogP) is 5.74. The van der Waals surface area contributed by atoms with E-state index in [1.165, 1.54) is 12.1 Å². The molecule has 4 aromatic carbocycles. The average molecular weight is 490 g/mol. The highest BCUT2D eigenvalue weighted by Crippen LogP contribution is 2.32. The smallest absolute Gasteiger partial charge is 0.503 e. The van der Waals surface area contributed by atoms with Crippen LogP contribution in [0.4, 0.5) is 4.79 Å². The zero-order chi connectivity index (χ0) is 26.7. The first-order valence-electron chi connectivity index (χ1n) is 10.3. The van der Waals surface area contributed by atoms with Gasteiger partial charge in [-0.05, 0) is 23.3 Å². The second kappa shape index (κ2) is 12.8. The number of phenols is 2. The van der Waals surface area contributed by atoms with Crippen molar-refractivity contribution in [1.82, 2.24) is 0 Å². The molecule has 36 heavy (non-hydrogen) atoms. The normalized spacial score (nSPS) is 9.56. The molecule has 0 bridgehead atoms. The van der Waals surface area contributed by atoms with E-state index < -0.39 is 18.1 Å². The molecule has 0 fully saturated rings. The SMILES string of the molecule is O=C(O)O.O=C(O)c1cccc(-c2ccccc2)c1O.O=C(O)c1cccc(-c2ccccc2)c1O. The van der Waals surface area contributed by atoms with E-state index in [1.54, 1.807) is 24.3 Å². The molecule has 0 saturated heterocycles. The van der Waals surface area contributed by atoms with Crippen LogP contribution in [0.3, 0.4) is 0 Å². The van der Waals surface area contributed by atoms with Crippen molar-refractivity contribution in [1.29, 1.82) is 0 Å². The maximum Gasteiger partial charge on any atom is 0.503 e. The van der Waals surface area contributed by atoms with E-state index in [-0.39, 0.29) is 22.6 Å². The molecule has 0 amide bonds. The summed E-state index contributed by atoms with van der Waals surface area (Å²) in [7, 11) is 0. The van der Waals surface area contributed by atoms with Gasteiger partial charge in [0, 0.05) is 11.1 Å². The zero-order valence-electron chi connectivity index (χ0n) is 18.6. The standard InChI is InChI=1S/2C13H10O3.CH2O3/c2*14-12-10(9-5-2-1-3-6-9)7-4-8-11(12)13(15)16;2-1(3)4/h2*1-8,14H,(H,15,16);(H2,2,3,4). The summed E-state index contributed by atoms with van der Waals surface area (Å²) in [6.07, 6.45) is -1.83. The number of aromatic hydroxyl groups is 2. The number of carboxylic acid groups (broad SMARTS) is 4. The number of para-hydroxylation sites is 2. The van der Waals surface area contributed by atoms with Crippen molar-refractivity contribution in [3.8, 4) is 33.8 Å². The minimum atomic E-state index is -1.83. The van der Waals surface area contributed by atoms with Gasteiger partial charge < -0.3 is 30.6 Å². The summed E-state index contributed by atoms with van der Waals surface area (Å²) in [5.74, 6) is -2.65. The molecule has 0 heterocycles. The fraction of sp³-hybridized carbons (Fsp3) is 0. The Labute approximate surface area is 205 Å². The second-order valence-corrected chi connectivity index (χ2v) is 7.03. The van der Waals surface area contributed by atoms with Crippen LogP contribution in [0.2, 0.25) is 0 Å². The van der Waals surface area contributed by atoms with Gasteiger partial charge in [-0.3, -0.25) is 0 Å². The number of carbonyl (C=O) groups is 3. The molecule has 0 aromatic heterocycles. The number of aromatic carboxylic acids is 2. The molecule has 0 atom stereocenters. The van der Waals surface area contributed by atoms with Crippen LogP contribution in [0, 0.1) is 0 Å². The van der Waals surface area contributed by atoms with Gasteiger partial charge in [0.05, 0.1) is 0 Å². The first-order chi connectivity index (χ1) is 17.1. The Morgan fingerprint density at radius 3 is 1.03 bits per heavy atom. The van der Waals surface area contributed by atoms with Crippen LogP contribution in [0.1, 0.15) is 20.7 Å². The van der Waals surface area contributed by atoms with Gasteiger partial charge in [-0.1, -0.05) is 84.9 Å². The van der Waals surface area contributed by atoms with E-state index in [0.29, 0.717) is 11.1 Å². The van der Waals surface area contributed by atoms with Crippen molar-refractivity contribution in [3.63, 3.8) is 0 Å². The predicted molar refractivity (Wildman–Crippen MR) is 132 cm³/mol. The summed E-state index contributed by atoms with van der Waals surface area (Å²) in [5.41, 5.74) is 2.48. The largest absolute Gasteiger partial charge is 0.506 e. The Morgan fingerprint density at radius 1 is 0.444 bits per heavy atom. The molecule has 0 radical (unpaired) electrons. The summed E-state index contributed by atoms with van der Waals surface area (Å²) in [6.45, 7) is 0. The van der Waals surface area contributed by atoms with Gasteiger partial charge in [0.2, 0.25) is 0 Å². The van der Waals surface area contributed by atoms with E-state index in [0.717, 1.165) is 11.1 Å². The van der Waals surface area contributed by atoms with Crippen molar-refractivity contribution in [3.05, 3.63) is 108 Å². The lowest BCUT2D eigenvalue weighted by Crippen LogP contribution is -1.97. The zero-order valence-corrected chi connectivity index (χ0v) is 18.6. The maximum absolute atomic E-state index is 10.8. The molecular formula is C27H22O9. The van der Waals surface area contributed by atoms with E-state index in [2.05, 4.69) is 0 Å².